The summed E-state index contributed by atoms with van der Waals surface area (Å²) < 4.78 is 58.1. The molecule has 1 fully saturated rings. The number of aromatic nitrogens is 2. The van der Waals surface area contributed by atoms with Crippen molar-refractivity contribution in [2.45, 2.75) is 26.1 Å². The molecule has 1 saturated heterocycles. The van der Waals surface area contributed by atoms with Crippen LogP contribution in [0.5, 0.6) is 6.01 Å². The fraction of sp³-hybridized carbons (Fsp3) is 0.464. The van der Waals surface area contributed by atoms with E-state index in [2.05, 4.69) is 25.1 Å². The van der Waals surface area contributed by atoms with Gasteiger partial charge in [0.1, 0.15) is 18.2 Å². The molecule has 220 valence electrons. The van der Waals surface area contributed by atoms with E-state index in [0.717, 1.165) is 59.2 Å². The van der Waals surface area contributed by atoms with E-state index in [4.69, 9.17) is 21.6 Å². The molecule has 0 spiro atoms. The molecule has 1 aromatic heterocycles. The zero-order valence-electron chi connectivity index (χ0n) is 22.9. The number of anilines is 2. The van der Waals surface area contributed by atoms with Crippen molar-refractivity contribution >= 4 is 33.9 Å². The van der Waals surface area contributed by atoms with Crippen molar-refractivity contribution in [2.75, 3.05) is 69.3 Å². The standard InChI is InChI=1S/C26H29ClF4N6O.C2H3N/c1-35(16-26(29,30)31)13-14-38-25-33-20-15-37(10-7-18(20)24(34-25)36-11-8-32-9-12-36)21-4-2-3-17-5-6-19(28)23(27)22(17)21;1-2-3/h2-6,32H,7-16H2,1H3;1H3. The molecule has 0 aliphatic carbocycles. The summed E-state index contributed by atoms with van der Waals surface area (Å²) in [7, 11) is 1.40. The lowest BCUT2D eigenvalue weighted by Gasteiger charge is -2.35. The van der Waals surface area contributed by atoms with Gasteiger partial charge in [0.2, 0.25) is 0 Å². The van der Waals surface area contributed by atoms with Gasteiger partial charge < -0.3 is 19.9 Å². The average Bonchev–Trinajstić information content (AvgIpc) is 2.94. The van der Waals surface area contributed by atoms with E-state index in [-0.39, 0.29) is 24.2 Å². The minimum atomic E-state index is -4.27. The molecule has 5 rings (SSSR count). The first-order valence-corrected chi connectivity index (χ1v) is 13.6. The number of halogens is 5. The van der Waals surface area contributed by atoms with Crippen LogP contribution >= 0.6 is 11.6 Å². The van der Waals surface area contributed by atoms with Gasteiger partial charge in [0.25, 0.3) is 0 Å². The lowest BCUT2D eigenvalue weighted by Crippen LogP contribution is -2.45. The average molecular weight is 594 g/mol. The third kappa shape index (κ3) is 7.67. The number of nitrogens with zero attached hydrogens (tertiary/aromatic N) is 6. The summed E-state index contributed by atoms with van der Waals surface area (Å²) in [5.41, 5.74) is 2.63. The van der Waals surface area contributed by atoms with E-state index in [1.165, 1.54) is 20.0 Å². The van der Waals surface area contributed by atoms with Crippen molar-refractivity contribution < 1.29 is 22.3 Å². The van der Waals surface area contributed by atoms with E-state index in [1.54, 1.807) is 12.1 Å². The molecule has 0 unspecified atom stereocenters. The zero-order chi connectivity index (χ0) is 29.6. The largest absolute Gasteiger partial charge is 0.462 e. The van der Waals surface area contributed by atoms with E-state index < -0.39 is 18.5 Å². The number of hydrogen-bond acceptors (Lipinski definition) is 8. The maximum atomic E-state index is 14.3. The van der Waals surface area contributed by atoms with E-state index >= 15 is 0 Å². The summed E-state index contributed by atoms with van der Waals surface area (Å²) in [6.07, 6.45) is -3.60. The Labute approximate surface area is 241 Å². The van der Waals surface area contributed by atoms with Gasteiger partial charge in [-0.15, -0.1) is 0 Å². The molecule has 1 N–H and O–H groups in total. The second-order valence-electron chi connectivity index (χ2n) is 9.83. The van der Waals surface area contributed by atoms with Crippen LogP contribution in [0, 0.1) is 17.1 Å². The Kier molecular flexibility index (Phi) is 10.1. The van der Waals surface area contributed by atoms with E-state index in [9.17, 15) is 17.6 Å². The predicted molar refractivity (Wildman–Crippen MR) is 151 cm³/mol. The molecular formula is C28H32ClF4N7O. The van der Waals surface area contributed by atoms with E-state index in [0.29, 0.717) is 24.9 Å². The number of piperazine rings is 1. The number of benzene rings is 2. The van der Waals surface area contributed by atoms with Gasteiger partial charge in [-0.1, -0.05) is 29.8 Å². The summed E-state index contributed by atoms with van der Waals surface area (Å²) in [5.74, 6) is 0.329. The summed E-state index contributed by atoms with van der Waals surface area (Å²) in [4.78, 5) is 14.8. The second-order valence-corrected chi connectivity index (χ2v) is 10.2. The first-order valence-electron chi connectivity index (χ1n) is 13.3. The van der Waals surface area contributed by atoms with Crippen molar-refractivity contribution in [3.05, 3.63) is 52.4 Å². The minimum Gasteiger partial charge on any atom is -0.462 e. The highest BCUT2D eigenvalue weighted by Crippen LogP contribution is 2.38. The summed E-state index contributed by atoms with van der Waals surface area (Å²) in [6, 6.07) is 10.7. The Morgan fingerprint density at radius 2 is 1.85 bits per heavy atom. The maximum Gasteiger partial charge on any atom is 0.401 e. The second kappa shape index (κ2) is 13.5. The van der Waals surface area contributed by atoms with Gasteiger partial charge in [-0.05, 0) is 31.0 Å². The quantitative estimate of drug-likeness (QED) is 0.392. The van der Waals surface area contributed by atoms with Crippen LogP contribution in [-0.4, -0.2) is 80.5 Å². The smallest absolute Gasteiger partial charge is 0.401 e. The van der Waals surface area contributed by atoms with Crippen molar-refractivity contribution in [1.82, 2.24) is 20.2 Å². The number of nitriles is 1. The Bertz CT molecular complexity index is 1390. The zero-order valence-corrected chi connectivity index (χ0v) is 23.7. The van der Waals surface area contributed by atoms with Gasteiger partial charge in [0.15, 0.2) is 0 Å². The molecule has 3 aromatic rings. The number of hydrogen-bond donors (Lipinski definition) is 1. The van der Waals surface area contributed by atoms with Crippen molar-refractivity contribution in [2.24, 2.45) is 0 Å². The maximum absolute atomic E-state index is 14.3. The monoisotopic (exact) mass is 593 g/mol. The molecule has 0 radical (unpaired) electrons. The molecule has 13 heteroatoms. The first-order chi connectivity index (χ1) is 19.6. The Morgan fingerprint density at radius 3 is 2.56 bits per heavy atom. The van der Waals surface area contributed by atoms with Crippen LogP contribution in [0.3, 0.4) is 0 Å². The third-order valence-electron chi connectivity index (χ3n) is 6.85. The van der Waals surface area contributed by atoms with Crippen molar-refractivity contribution in [1.29, 1.82) is 5.26 Å². The summed E-state index contributed by atoms with van der Waals surface area (Å²) in [5, 5.41) is 12.2. The molecule has 8 nitrogen and oxygen atoms in total. The number of ether oxygens (including phenoxy) is 1. The SMILES string of the molecule is CC#N.CN(CCOc1nc2c(c(N3CCNCC3)n1)CCN(c1cccc3ccc(F)c(Cl)c13)C2)CC(F)(F)F. The van der Waals surface area contributed by atoms with Crippen molar-refractivity contribution in [3.8, 4) is 12.1 Å². The fourth-order valence-electron chi connectivity index (χ4n) is 5.03. The molecular weight excluding hydrogens is 562 g/mol. The molecule has 2 aliphatic heterocycles. The molecule has 3 heterocycles. The third-order valence-corrected chi connectivity index (χ3v) is 7.22. The number of alkyl halides is 3. The number of likely N-dealkylation sites (N-methyl/N-ethyl adjacent to an activating group) is 1. The number of rotatable bonds is 7. The predicted octanol–water partition coefficient (Wildman–Crippen LogP) is 4.80. The lowest BCUT2D eigenvalue weighted by molar-refractivity contribution is -0.143. The number of fused-ring (bicyclic) bond motifs is 2. The van der Waals surface area contributed by atoms with Gasteiger partial charge in [-0.25, -0.2) is 4.39 Å². The van der Waals surface area contributed by atoms with Gasteiger partial charge >= 0.3 is 12.2 Å². The van der Waals surface area contributed by atoms with Crippen LogP contribution < -0.4 is 19.9 Å². The highest BCUT2D eigenvalue weighted by Gasteiger charge is 2.30. The van der Waals surface area contributed by atoms with Crippen LogP contribution in [0.4, 0.5) is 29.1 Å². The highest BCUT2D eigenvalue weighted by atomic mass is 35.5. The van der Waals surface area contributed by atoms with Crippen LogP contribution in [0.2, 0.25) is 5.02 Å². The first kappa shape index (κ1) is 30.6. The van der Waals surface area contributed by atoms with Crippen LogP contribution in [-0.2, 0) is 13.0 Å². The van der Waals surface area contributed by atoms with E-state index in [1.807, 2.05) is 18.2 Å². The van der Waals surface area contributed by atoms with Crippen LogP contribution in [0.15, 0.2) is 30.3 Å². The molecule has 41 heavy (non-hydrogen) atoms. The van der Waals surface area contributed by atoms with Gasteiger partial charge in [-0.3, -0.25) is 4.90 Å². The van der Waals surface area contributed by atoms with Gasteiger partial charge in [-0.2, -0.15) is 28.4 Å². The van der Waals surface area contributed by atoms with Crippen molar-refractivity contribution in [3.63, 3.8) is 0 Å². The van der Waals surface area contributed by atoms with Gasteiger partial charge in [0, 0.05) is 62.8 Å². The Hall–Kier alpha value is -3.40. The Balaban J connectivity index is 0.00000124. The molecule has 0 bridgehead atoms. The summed E-state index contributed by atoms with van der Waals surface area (Å²) in [6.45, 7) is 4.82. The lowest BCUT2D eigenvalue weighted by atomic mass is 10.0. The topological polar surface area (TPSA) is 80.5 Å². The molecule has 0 saturated carbocycles. The fourth-order valence-corrected chi connectivity index (χ4v) is 5.30. The Morgan fingerprint density at radius 1 is 1.12 bits per heavy atom. The van der Waals surface area contributed by atoms with Gasteiger partial charge in [0.05, 0.1) is 29.9 Å². The normalized spacial score (nSPS) is 15.3. The van der Waals surface area contributed by atoms with Crippen LogP contribution in [0.25, 0.3) is 10.8 Å². The molecule has 0 amide bonds. The molecule has 2 aliphatic rings. The minimum absolute atomic E-state index is 0.0221. The molecule has 2 aromatic carbocycles. The molecule has 0 atom stereocenters. The highest BCUT2D eigenvalue weighted by molar-refractivity contribution is 6.36. The summed E-state index contributed by atoms with van der Waals surface area (Å²) >= 11 is 6.39. The number of nitrogens with one attached hydrogen (secondary N) is 1. The van der Waals surface area contributed by atoms with Crippen LogP contribution in [0.1, 0.15) is 18.2 Å².